The minimum absolute atomic E-state index is 0.0558. The Hall–Kier alpha value is -2.26. The third-order valence-corrected chi connectivity index (χ3v) is 7.14. The van der Waals surface area contributed by atoms with E-state index < -0.39 is 80.9 Å². The first-order valence-corrected chi connectivity index (χ1v) is 12.7. The molecule has 16 heteroatoms. The number of aliphatic hydroxyl groups is 3. The van der Waals surface area contributed by atoms with Crippen LogP contribution in [0.4, 0.5) is 10.2 Å². The number of hydrogen-bond acceptors (Lipinski definition) is 11. The quantitative estimate of drug-likeness (QED) is 0.190. The molecule has 1 aliphatic rings. The highest BCUT2D eigenvalue weighted by Crippen LogP contribution is 2.53. The highest BCUT2D eigenvalue weighted by Gasteiger charge is 2.50. The predicted molar refractivity (Wildman–Crippen MR) is 120 cm³/mol. The van der Waals surface area contributed by atoms with Gasteiger partial charge in [0, 0.05) is 38.4 Å². The molecule has 14 nitrogen and oxygen atoms in total. The minimum atomic E-state index is -4.79. The average molecular weight is 539 g/mol. The van der Waals surface area contributed by atoms with Crippen LogP contribution in [0.1, 0.15) is 58.7 Å². The number of carbonyl (C=O) groups is 2. The molecule has 1 amide bonds. The summed E-state index contributed by atoms with van der Waals surface area (Å²) in [6, 6.07) is 0. The maximum absolute atomic E-state index is 15.4. The number of esters is 1. The van der Waals surface area contributed by atoms with Gasteiger partial charge >= 0.3 is 19.3 Å². The van der Waals surface area contributed by atoms with Crippen molar-refractivity contribution in [2.75, 3.05) is 5.32 Å². The van der Waals surface area contributed by atoms with Crippen molar-refractivity contribution in [3.05, 3.63) is 22.2 Å². The van der Waals surface area contributed by atoms with E-state index in [4.69, 9.17) is 14.0 Å². The molecule has 2 heterocycles. The summed E-state index contributed by atoms with van der Waals surface area (Å²) in [6.07, 6.45) is -7.02. The molecule has 1 fully saturated rings. The van der Waals surface area contributed by atoms with Crippen LogP contribution >= 0.6 is 7.60 Å². The zero-order valence-electron chi connectivity index (χ0n) is 20.2. The van der Waals surface area contributed by atoms with E-state index in [-0.39, 0.29) is 17.8 Å². The average Bonchev–Trinajstić information content (AvgIpc) is 3.05. The van der Waals surface area contributed by atoms with Crippen molar-refractivity contribution >= 4 is 25.3 Å². The van der Waals surface area contributed by atoms with Crippen LogP contribution in [0.2, 0.25) is 0 Å². The SMILES string of the molecule is CCC(O)P(=O)(O)OC(F)(CC)C[C@H]1O[C@@H](n2cc(COC(C)=O)c(NC(C)=O)nc2=O)[C@H](O)[C@@H]1O. The first kappa shape index (κ1) is 30.0. The Bertz CT molecular complexity index is 1070. The fourth-order valence-electron chi connectivity index (χ4n) is 3.45. The molecule has 0 radical (unpaired) electrons. The molecule has 1 aromatic rings. The molecule has 2 rings (SSSR count). The van der Waals surface area contributed by atoms with Crippen LogP contribution in [0.3, 0.4) is 0 Å². The van der Waals surface area contributed by atoms with Crippen LogP contribution in [-0.4, -0.2) is 71.7 Å². The predicted octanol–water partition coefficient (Wildman–Crippen LogP) is 0.280. The van der Waals surface area contributed by atoms with Crippen LogP contribution in [0.15, 0.2) is 11.0 Å². The topological polar surface area (TPSA) is 207 Å². The molecule has 0 aromatic carbocycles. The second kappa shape index (κ2) is 11.9. The largest absolute Gasteiger partial charge is 0.461 e. The number of ether oxygens (including phenoxy) is 2. The summed E-state index contributed by atoms with van der Waals surface area (Å²) >= 11 is 0. The van der Waals surface area contributed by atoms with E-state index in [0.717, 1.165) is 24.6 Å². The molecular weight excluding hydrogens is 508 g/mol. The number of aliphatic hydroxyl groups excluding tert-OH is 3. The monoisotopic (exact) mass is 539 g/mol. The number of halogens is 1. The summed E-state index contributed by atoms with van der Waals surface area (Å²) < 4.78 is 43.5. The third kappa shape index (κ3) is 7.16. The molecule has 204 valence electrons. The Labute approximate surface area is 205 Å². The molecule has 36 heavy (non-hydrogen) atoms. The van der Waals surface area contributed by atoms with Crippen molar-refractivity contribution in [3.63, 3.8) is 0 Å². The van der Waals surface area contributed by atoms with E-state index in [1.807, 2.05) is 0 Å². The van der Waals surface area contributed by atoms with E-state index >= 15 is 4.39 Å². The van der Waals surface area contributed by atoms with Crippen molar-refractivity contribution in [2.45, 2.75) is 89.8 Å². The number of anilines is 1. The Morgan fingerprint density at radius 2 is 1.97 bits per heavy atom. The zero-order chi connectivity index (χ0) is 27.4. The maximum Gasteiger partial charge on any atom is 0.359 e. The summed E-state index contributed by atoms with van der Waals surface area (Å²) in [7, 11) is -4.79. The maximum atomic E-state index is 15.4. The molecule has 1 aliphatic heterocycles. The number of carbonyl (C=O) groups excluding carboxylic acids is 2. The van der Waals surface area contributed by atoms with Crippen molar-refractivity contribution < 1.29 is 52.8 Å². The molecule has 7 atom stereocenters. The second-order valence-electron chi connectivity index (χ2n) is 8.30. The summed E-state index contributed by atoms with van der Waals surface area (Å²) in [5.41, 5.74) is -0.966. The third-order valence-electron chi connectivity index (χ3n) is 5.43. The lowest BCUT2D eigenvalue weighted by molar-refractivity contribution is -0.142. The molecule has 0 spiro atoms. The first-order chi connectivity index (χ1) is 16.6. The van der Waals surface area contributed by atoms with E-state index in [9.17, 15) is 39.2 Å². The van der Waals surface area contributed by atoms with E-state index in [1.54, 1.807) is 0 Å². The highest BCUT2D eigenvalue weighted by atomic mass is 31.2. The normalized spacial score (nSPS) is 26.0. The van der Waals surface area contributed by atoms with Gasteiger partial charge in [-0.15, -0.1) is 0 Å². The number of hydrogen-bond donors (Lipinski definition) is 5. The van der Waals surface area contributed by atoms with Crippen LogP contribution in [0.5, 0.6) is 0 Å². The fraction of sp³-hybridized carbons (Fsp3) is 0.700. The van der Waals surface area contributed by atoms with Gasteiger partial charge in [0.1, 0.15) is 24.6 Å². The minimum Gasteiger partial charge on any atom is -0.461 e. The molecule has 0 saturated carbocycles. The number of alkyl halides is 1. The molecular formula is C20H31FN3O11P. The van der Waals surface area contributed by atoms with Crippen LogP contribution in [-0.2, 0) is 34.8 Å². The molecule has 1 aromatic heterocycles. The van der Waals surface area contributed by atoms with Gasteiger partial charge in [-0.1, -0.05) is 13.8 Å². The van der Waals surface area contributed by atoms with Crippen LogP contribution in [0.25, 0.3) is 0 Å². The van der Waals surface area contributed by atoms with Crippen molar-refractivity contribution in [1.29, 1.82) is 0 Å². The van der Waals surface area contributed by atoms with Gasteiger partial charge in [0.2, 0.25) is 11.8 Å². The van der Waals surface area contributed by atoms with Gasteiger partial charge in [0.25, 0.3) is 0 Å². The van der Waals surface area contributed by atoms with Gasteiger partial charge in [0.05, 0.1) is 6.10 Å². The number of aromatic nitrogens is 2. The molecule has 3 unspecified atom stereocenters. The standard InChI is InChI=1S/C20H31FN3O11P/c1-5-14(27)36(31,32)35-20(21,6-2)7-13-15(28)16(29)18(34-13)24-8-12(9-33-11(4)26)17(22-10(3)25)23-19(24)30/h8,13-16,18,27-29H,5-7,9H2,1-4H3,(H,31,32)(H,22,23,25,30)/t13-,14?,15-,16-,18-,20?/m1/s1. The van der Waals surface area contributed by atoms with Crippen LogP contribution < -0.4 is 11.0 Å². The van der Waals surface area contributed by atoms with Crippen molar-refractivity contribution in [3.8, 4) is 0 Å². The van der Waals surface area contributed by atoms with E-state index in [0.29, 0.717) is 0 Å². The fourth-order valence-corrected chi connectivity index (χ4v) is 4.71. The number of nitrogens with one attached hydrogen (secondary N) is 1. The molecule has 1 saturated heterocycles. The molecule has 0 bridgehead atoms. The van der Waals surface area contributed by atoms with Gasteiger partial charge in [-0.05, 0) is 6.42 Å². The summed E-state index contributed by atoms with van der Waals surface area (Å²) in [5.74, 6) is -6.11. The van der Waals surface area contributed by atoms with Gasteiger partial charge < -0.3 is 35.0 Å². The second-order valence-corrected chi connectivity index (χ2v) is 10.2. The van der Waals surface area contributed by atoms with E-state index in [1.165, 1.54) is 13.8 Å². The number of amides is 1. The van der Waals surface area contributed by atoms with Gasteiger partial charge in [-0.3, -0.25) is 23.2 Å². The van der Waals surface area contributed by atoms with Crippen molar-refractivity contribution in [2.24, 2.45) is 0 Å². The first-order valence-electron chi connectivity index (χ1n) is 11.1. The highest BCUT2D eigenvalue weighted by molar-refractivity contribution is 7.53. The summed E-state index contributed by atoms with van der Waals surface area (Å²) in [5, 5.41) is 33.0. The molecule has 5 N–H and O–H groups in total. The molecule has 0 aliphatic carbocycles. The summed E-state index contributed by atoms with van der Waals surface area (Å²) in [6.45, 7) is 4.58. The lowest BCUT2D eigenvalue weighted by atomic mass is 10.0. The van der Waals surface area contributed by atoms with Crippen molar-refractivity contribution in [1.82, 2.24) is 9.55 Å². The van der Waals surface area contributed by atoms with Gasteiger partial charge in [-0.25, -0.2) is 9.18 Å². The Kier molecular flexibility index (Phi) is 9.87. The Balaban J connectivity index is 2.35. The summed E-state index contributed by atoms with van der Waals surface area (Å²) in [4.78, 5) is 48.9. The lowest BCUT2D eigenvalue weighted by Gasteiger charge is -2.31. The zero-order valence-corrected chi connectivity index (χ0v) is 21.1. The Morgan fingerprint density at radius 1 is 1.33 bits per heavy atom. The van der Waals surface area contributed by atoms with Crippen LogP contribution in [0, 0.1) is 0 Å². The van der Waals surface area contributed by atoms with E-state index in [2.05, 4.69) is 10.3 Å². The van der Waals surface area contributed by atoms with Gasteiger partial charge in [-0.2, -0.15) is 4.98 Å². The van der Waals surface area contributed by atoms with Gasteiger partial charge in [0.15, 0.2) is 12.1 Å². The number of nitrogens with zero attached hydrogens (tertiary/aromatic N) is 2. The smallest absolute Gasteiger partial charge is 0.359 e. The number of rotatable bonds is 11. The Morgan fingerprint density at radius 3 is 2.50 bits per heavy atom. The lowest BCUT2D eigenvalue weighted by Crippen LogP contribution is -2.38.